The molecule has 0 amide bonds. The van der Waals surface area contributed by atoms with Crippen molar-refractivity contribution < 1.29 is 23.4 Å². The predicted molar refractivity (Wildman–Crippen MR) is 173 cm³/mol. The van der Waals surface area contributed by atoms with Crippen molar-refractivity contribution in [2.24, 2.45) is 0 Å². The number of aromatic nitrogens is 1. The van der Waals surface area contributed by atoms with E-state index in [2.05, 4.69) is 16.3 Å². The van der Waals surface area contributed by atoms with Crippen molar-refractivity contribution in [1.82, 2.24) is 20.1 Å². The summed E-state index contributed by atoms with van der Waals surface area (Å²) in [5, 5.41) is 26.7. The van der Waals surface area contributed by atoms with Crippen molar-refractivity contribution in [2.75, 3.05) is 26.8 Å². The molecule has 2 atom stereocenters. The van der Waals surface area contributed by atoms with Gasteiger partial charge in [0.25, 0.3) is 0 Å². The first kappa shape index (κ1) is 32.8. The van der Waals surface area contributed by atoms with Crippen molar-refractivity contribution >= 4 is 17.3 Å². The molecule has 0 aliphatic carbocycles. The number of aryl methyl sites for hydroxylation is 2. The number of halogens is 2. The van der Waals surface area contributed by atoms with Gasteiger partial charge in [-0.15, -0.1) is 11.3 Å². The number of carbonyl (C=O) groups excluding carboxylic acids is 1. The molecule has 0 spiro atoms. The fourth-order valence-electron chi connectivity index (χ4n) is 5.69. The van der Waals surface area contributed by atoms with Gasteiger partial charge in [0.15, 0.2) is 0 Å². The number of rotatable bonds is 11. The lowest BCUT2D eigenvalue weighted by atomic mass is 9.81. The van der Waals surface area contributed by atoms with Crippen LogP contribution < -0.4 is 10.1 Å². The van der Waals surface area contributed by atoms with Crippen LogP contribution in [0.3, 0.4) is 0 Å². The Morgan fingerprint density at radius 2 is 1.83 bits per heavy atom. The van der Waals surface area contributed by atoms with Gasteiger partial charge in [-0.25, -0.2) is 13.8 Å². The molecule has 11 heteroatoms. The van der Waals surface area contributed by atoms with Crippen molar-refractivity contribution in [3.05, 3.63) is 117 Å². The van der Waals surface area contributed by atoms with E-state index in [1.807, 2.05) is 60.8 Å². The van der Waals surface area contributed by atoms with E-state index in [4.69, 9.17) is 15.0 Å². The number of nitrogens with one attached hydrogen (secondary N) is 1. The number of ether oxygens (including phenoxy) is 1. The van der Waals surface area contributed by atoms with Gasteiger partial charge in [-0.1, -0.05) is 37.3 Å². The number of esters is 1. The maximum atomic E-state index is 15.3. The number of thiazole rings is 1. The molecule has 0 unspecified atom stereocenters. The van der Waals surface area contributed by atoms with E-state index in [-0.39, 0.29) is 24.6 Å². The first-order valence-electron chi connectivity index (χ1n) is 14.8. The highest BCUT2D eigenvalue weighted by Gasteiger charge is 2.42. The van der Waals surface area contributed by atoms with Gasteiger partial charge >= 0.3 is 5.97 Å². The van der Waals surface area contributed by atoms with Crippen LogP contribution in [0.2, 0.25) is 0 Å². The minimum Gasteiger partial charge on any atom is -0.425 e. The number of β-amino-alcohol motifs (C(OH)–C–C–N with tert-alkyl or cyclic N) is 1. The van der Waals surface area contributed by atoms with Gasteiger partial charge in [-0.3, -0.25) is 4.79 Å². The van der Waals surface area contributed by atoms with E-state index in [0.29, 0.717) is 35.2 Å². The topological polar surface area (TPSA) is 102 Å². The molecule has 8 nitrogen and oxygen atoms in total. The molecule has 3 aromatic carbocycles. The van der Waals surface area contributed by atoms with Gasteiger partial charge in [-0.05, 0) is 55.8 Å². The summed E-state index contributed by atoms with van der Waals surface area (Å²) in [6.45, 7) is 6.69. The van der Waals surface area contributed by atoms with Crippen LogP contribution in [0, 0.1) is 36.8 Å². The van der Waals surface area contributed by atoms with E-state index < -0.39 is 23.2 Å². The third-order valence-corrected chi connectivity index (χ3v) is 9.08. The number of likely N-dealkylation sites (N-methyl/N-ethyl adjacent to an activating group) is 1. The van der Waals surface area contributed by atoms with Crippen molar-refractivity contribution in [3.63, 3.8) is 0 Å². The van der Waals surface area contributed by atoms with E-state index in [1.165, 1.54) is 17.4 Å². The van der Waals surface area contributed by atoms with Gasteiger partial charge in [0.2, 0.25) is 0 Å². The molecule has 5 rings (SSSR count). The summed E-state index contributed by atoms with van der Waals surface area (Å²) >= 11 is 1.35. The molecule has 0 saturated carbocycles. The smallest absolute Gasteiger partial charge is 0.325 e. The molecular formula is C35H35F2N5O3S. The summed E-state index contributed by atoms with van der Waals surface area (Å²) in [5.74, 6) is -2.03. The van der Waals surface area contributed by atoms with Crippen LogP contribution in [0.5, 0.6) is 5.75 Å². The lowest BCUT2D eigenvalue weighted by Crippen LogP contribution is -2.44. The zero-order chi connectivity index (χ0) is 33.0. The van der Waals surface area contributed by atoms with Crippen LogP contribution in [0.25, 0.3) is 11.3 Å². The highest BCUT2D eigenvalue weighted by Crippen LogP contribution is 2.41. The largest absolute Gasteiger partial charge is 0.425 e. The third kappa shape index (κ3) is 7.10. The predicted octanol–water partition coefficient (Wildman–Crippen LogP) is 5.94. The van der Waals surface area contributed by atoms with Gasteiger partial charge in [-0.2, -0.15) is 5.26 Å². The average Bonchev–Trinajstić information content (AvgIpc) is 3.68. The van der Waals surface area contributed by atoms with Crippen LogP contribution in [-0.4, -0.2) is 52.7 Å². The maximum Gasteiger partial charge on any atom is 0.325 e. The normalized spacial score (nSPS) is 14.7. The van der Waals surface area contributed by atoms with E-state index in [1.54, 1.807) is 26.1 Å². The van der Waals surface area contributed by atoms with E-state index >= 15 is 4.39 Å². The van der Waals surface area contributed by atoms with Crippen LogP contribution in [0.4, 0.5) is 8.78 Å². The molecule has 2 heterocycles. The highest BCUT2D eigenvalue weighted by atomic mass is 32.1. The summed E-state index contributed by atoms with van der Waals surface area (Å²) in [7, 11) is 1.68. The molecule has 0 saturated heterocycles. The monoisotopic (exact) mass is 643 g/mol. The second-order valence-electron chi connectivity index (χ2n) is 11.5. The number of nitriles is 1. The summed E-state index contributed by atoms with van der Waals surface area (Å²) in [5.41, 5.74) is 2.96. The van der Waals surface area contributed by atoms with Gasteiger partial charge in [0.1, 0.15) is 23.0 Å². The Kier molecular flexibility index (Phi) is 9.82. The minimum absolute atomic E-state index is 0.0157. The quantitative estimate of drug-likeness (QED) is 0.153. The standard InChI is InChI=1S/C35H35F2N5O3S/c1-22-13-26(14-23(2)33(22)45-32(43)17-39-4)18-41-11-12-42(21-41)20-35(44,29-10-9-28(36)15-30(29)37)24(3)34-40-31(19-46-34)27-7-5-25(16-38)6-8-27/h5-15,19,24,39,44H,17-18,20-21H2,1-4H3/t24-,35+/m0/s1. The molecule has 4 aromatic rings. The zero-order valence-corrected chi connectivity index (χ0v) is 26.9. The van der Waals surface area contributed by atoms with Crippen molar-refractivity contribution in [3.8, 4) is 23.1 Å². The van der Waals surface area contributed by atoms with Gasteiger partial charge < -0.3 is 25.0 Å². The third-order valence-electron chi connectivity index (χ3n) is 8.05. The summed E-state index contributed by atoms with van der Waals surface area (Å²) < 4.78 is 34.8. The SMILES string of the molecule is CNCC(=O)Oc1c(C)cc(CN2C=CN(C[C@](O)(c3ccc(F)cc3F)[C@@H](C)c3nc(-c4ccc(C#N)cc4)cs3)C2)cc1C. The molecule has 238 valence electrons. The Balaban J connectivity index is 1.35. The zero-order valence-electron chi connectivity index (χ0n) is 26.1. The van der Waals surface area contributed by atoms with Crippen LogP contribution in [-0.2, 0) is 16.9 Å². The minimum atomic E-state index is -1.76. The molecule has 0 radical (unpaired) electrons. The Morgan fingerprint density at radius 1 is 1.13 bits per heavy atom. The Labute approximate surface area is 271 Å². The molecule has 2 N–H and O–H groups in total. The van der Waals surface area contributed by atoms with Gasteiger partial charge in [0, 0.05) is 47.4 Å². The second-order valence-corrected chi connectivity index (χ2v) is 12.4. The lowest BCUT2D eigenvalue weighted by Gasteiger charge is -2.37. The van der Waals surface area contributed by atoms with Crippen molar-refractivity contribution in [2.45, 2.75) is 38.8 Å². The molecule has 46 heavy (non-hydrogen) atoms. The molecule has 0 fully saturated rings. The number of carbonyl (C=O) groups is 1. The van der Waals surface area contributed by atoms with Crippen molar-refractivity contribution in [1.29, 1.82) is 5.26 Å². The lowest BCUT2D eigenvalue weighted by molar-refractivity contribution is -0.133. The molecular weight excluding hydrogens is 608 g/mol. The highest BCUT2D eigenvalue weighted by molar-refractivity contribution is 7.10. The first-order valence-corrected chi connectivity index (χ1v) is 15.6. The molecule has 1 aliphatic heterocycles. The van der Waals surface area contributed by atoms with Crippen LogP contribution in [0.1, 0.15) is 45.7 Å². The van der Waals surface area contributed by atoms with Crippen LogP contribution >= 0.6 is 11.3 Å². The van der Waals surface area contributed by atoms with Crippen LogP contribution in [0.15, 0.2) is 72.4 Å². The average molecular weight is 644 g/mol. The maximum absolute atomic E-state index is 15.3. The van der Waals surface area contributed by atoms with E-state index in [0.717, 1.165) is 34.4 Å². The fourth-order valence-corrected chi connectivity index (χ4v) is 6.66. The number of nitrogens with zero attached hydrogens (tertiary/aromatic N) is 4. The first-order chi connectivity index (χ1) is 22.0. The second kappa shape index (κ2) is 13.8. The molecule has 1 aliphatic rings. The number of hydrogen-bond donors (Lipinski definition) is 2. The molecule has 0 bridgehead atoms. The number of benzene rings is 3. The number of aliphatic hydroxyl groups is 1. The Bertz CT molecular complexity index is 1780. The summed E-state index contributed by atoms with van der Waals surface area (Å²) in [6, 6.07) is 16.3. The number of hydrogen-bond acceptors (Lipinski definition) is 9. The summed E-state index contributed by atoms with van der Waals surface area (Å²) in [4.78, 5) is 20.7. The fraction of sp³-hybridized carbons (Fsp3) is 0.286. The Morgan fingerprint density at radius 3 is 2.48 bits per heavy atom. The Hall–Kier alpha value is -4.63. The summed E-state index contributed by atoms with van der Waals surface area (Å²) in [6.07, 6.45) is 3.75. The molecule has 1 aromatic heterocycles. The van der Waals surface area contributed by atoms with Gasteiger partial charge in [0.05, 0.1) is 42.1 Å². The van der Waals surface area contributed by atoms with E-state index in [9.17, 15) is 14.3 Å².